The molecule has 1 aromatic carbocycles. The first-order chi connectivity index (χ1) is 13.1. The van der Waals surface area contributed by atoms with E-state index in [1.54, 1.807) is 31.2 Å². The number of hydrogen-bond acceptors (Lipinski definition) is 4. The number of rotatable bonds is 5. The Morgan fingerprint density at radius 1 is 1.21 bits per heavy atom. The summed E-state index contributed by atoms with van der Waals surface area (Å²) in [7, 11) is -3.95. The third-order valence-electron chi connectivity index (χ3n) is 4.36. The van der Waals surface area contributed by atoms with E-state index < -0.39 is 32.9 Å². The van der Waals surface area contributed by atoms with Gasteiger partial charge in [-0.15, -0.1) is 0 Å². The Morgan fingerprint density at radius 3 is 2.57 bits per heavy atom. The zero-order valence-corrected chi connectivity index (χ0v) is 15.7. The number of fused-ring (bicyclic) bond motifs is 1. The smallest absolute Gasteiger partial charge is 0.341 e. The summed E-state index contributed by atoms with van der Waals surface area (Å²) < 4.78 is 38.3. The Labute approximate surface area is 159 Å². The lowest BCUT2D eigenvalue weighted by Crippen LogP contribution is -2.25. The molecule has 3 rings (SSSR count). The number of aryl methyl sites for hydroxylation is 1. The Morgan fingerprint density at radius 2 is 1.93 bits per heavy atom. The van der Waals surface area contributed by atoms with Crippen LogP contribution in [0.15, 0.2) is 47.4 Å². The number of primary sulfonamides is 1. The summed E-state index contributed by atoms with van der Waals surface area (Å²) in [4.78, 5) is 23.9. The number of pyridine rings is 2. The van der Waals surface area contributed by atoms with Gasteiger partial charge in [0.1, 0.15) is 11.4 Å². The van der Waals surface area contributed by atoms with E-state index in [1.807, 2.05) is 0 Å². The number of halogens is 1. The van der Waals surface area contributed by atoms with Crippen molar-refractivity contribution in [2.45, 2.75) is 19.1 Å². The fraction of sp³-hybridized carbons (Fsp3) is 0.158. The van der Waals surface area contributed by atoms with Crippen molar-refractivity contribution in [3.8, 4) is 0 Å². The molecule has 0 aliphatic carbocycles. The molecule has 0 saturated carbocycles. The number of carboxylic acids is 1. The van der Waals surface area contributed by atoms with Crippen LogP contribution in [0.3, 0.4) is 0 Å². The Bertz CT molecular complexity index is 1270. The predicted molar refractivity (Wildman–Crippen MR) is 101 cm³/mol. The lowest BCUT2D eigenvalue weighted by molar-refractivity contribution is 0.0694. The van der Waals surface area contributed by atoms with Crippen LogP contribution in [-0.4, -0.2) is 23.9 Å². The zero-order chi connectivity index (χ0) is 20.6. The molecular weight excluding hydrogens is 387 g/mol. The highest BCUT2D eigenvalue weighted by atomic mass is 32.2. The van der Waals surface area contributed by atoms with Crippen molar-refractivity contribution in [1.29, 1.82) is 0 Å². The molecule has 0 fully saturated rings. The average Bonchev–Trinajstić information content (AvgIpc) is 2.60. The van der Waals surface area contributed by atoms with Gasteiger partial charge in [-0.2, -0.15) is 0 Å². The topological polar surface area (TPSA) is 119 Å². The van der Waals surface area contributed by atoms with E-state index in [-0.39, 0.29) is 23.3 Å². The molecule has 0 aliphatic heterocycles. The minimum absolute atomic E-state index is 0.0905. The van der Waals surface area contributed by atoms with Crippen molar-refractivity contribution in [2.24, 2.45) is 5.14 Å². The number of aromatic carboxylic acids is 1. The molecule has 0 spiro atoms. The van der Waals surface area contributed by atoms with Gasteiger partial charge < -0.3 is 5.11 Å². The van der Waals surface area contributed by atoms with Gasteiger partial charge in [-0.1, -0.05) is 24.3 Å². The van der Waals surface area contributed by atoms with Crippen molar-refractivity contribution in [2.75, 3.05) is 0 Å². The third kappa shape index (κ3) is 3.95. The first kappa shape index (κ1) is 19.7. The highest BCUT2D eigenvalue weighted by Gasteiger charge is 2.18. The number of nitrogens with zero attached hydrogens (tertiary/aromatic N) is 1. The summed E-state index contributed by atoms with van der Waals surface area (Å²) in [6, 6.07) is 9.12. The maximum atomic E-state index is 14.3. The van der Waals surface area contributed by atoms with E-state index >= 15 is 0 Å². The predicted octanol–water partition coefficient (Wildman–Crippen LogP) is 1.82. The summed E-state index contributed by atoms with van der Waals surface area (Å²) in [6.45, 7) is 1.64. The third-order valence-corrected chi connectivity index (χ3v) is 5.07. The molecule has 2 aromatic heterocycles. The van der Waals surface area contributed by atoms with Crippen LogP contribution < -0.4 is 10.7 Å². The summed E-state index contributed by atoms with van der Waals surface area (Å²) in [5.41, 5.74) is 0.390. The standard InChI is InChI=1S/C19H17FN2O5S/c1-11-3-2-4-13(17(11)20)7-12-5-6-16-14(10-28(21,26)27)8-15(19(24)25)18(23)22(16)9-12/h2-6,8-9H,7,10H2,1H3,(H,24,25)(H2,21,26,27). The van der Waals surface area contributed by atoms with Gasteiger partial charge in [0.05, 0.1) is 11.3 Å². The Balaban J connectivity index is 2.19. The molecule has 9 heteroatoms. The molecule has 0 unspecified atom stereocenters. The van der Waals surface area contributed by atoms with Gasteiger partial charge in [-0.25, -0.2) is 22.7 Å². The number of hydrogen-bond donors (Lipinski definition) is 2. The fourth-order valence-electron chi connectivity index (χ4n) is 3.07. The summed E-state index contributed by atoms with van der Waals surface area (Å²) >= 11 is 0. The number of benzene rings is 1. The van der Waals surface area contributed by atoms with Crippen LogP contribution in [0.4, 0.5) is 4.39 Å². The summed E-state index contributed by atoms with van der Waals surface area (Å²) in [6.07, 6.45) is 1.57. The fourth-order valence-corrected chi connectivity index (χ4v) is 3.73. The molecule has 0 aliphatic rings. The van der Waals surface area contributed by atoms with Gasteiger partial charge in [0.25, 0.3) is 5.56 Å². The molecule has 2 heterocycles. The molecule has 0 bridgehead atoms. The Kier molecular flexibility index (Phi) is 5.05. The number of sulfonamides is 1. The molecular formula is C19H17FN2O5S. The first-order valence-electron chi connectivity index (χ1n) is 8.22. The van der Waals surface area contributed by atoms with E-state index in [4.69, 9.17) is 5.14 Å². The summed E-state index contributed by atoms with van der Waals surface area (Å²) in [5, 5.41) is 14.4. The minimum Gasteiger partial charge on any atom is -0.477 e. The maximum Gasteiger partial charge on any atom is 0.341 e. The highest BCUT2D eigenvalue weighted by Crippen LogP contribution is 2.19. The maximum absolute atomic E-state index is 14.3. The van der Waals surface area contributed by atoms with Gasteiger partial charge in [0.15, 0.2) is 0 Å². The molecule has 146 valence electrons. The molecule has 3 aromatic rings. The second-order valence-corrected chi connectivity index (χ2v) is 8.13. The second-order valence-electron chi connectivity index (χ2n) is 6.52. The normalized spacial score (nSPS) is 11.7. The number of carboxylic acid groups (broad SMARTS) is 1. The molecule has 0 atom stereocenters. The van der Waals surface area contributed by atoms with Crippen LogP contribution >= 0.6 is 0 Å². The van der Waals surface area contributed by atoms with Crippen molar-refractivity contribution in [3.05, 3.63) is 86.6 Å². The summed E-state index contributed by atoms with van der Waals surface area (Å²) in [5.74, 6) is -2.46. The van der Waals surface area contributed by atoms with Crippen molar-refractivity contribution >= 4 is 21.5 Å². The molecule has 0 amide bonds. The van der Waals surface area contributed by atoms with Gasteiger partial charge >= 0.3 is 5.97 Å². The monoisotopic (exact) mass is 404 g/mol. The zero-order valence-electron chi connectivity index (χ0n) is 14.8. The van der Waals surface area contributed by atoms with E-state index in [1.165, 1.54) is 12.3 Å². The van der Waals surface area contributed by atoms with E-state index in [2.05, 4.69) is 0 Å². The van der Waals surface area contributed by atoms with Crippen LogP contribution in [0.25, 0.3) is 5.52 Å². The molecule has 7 nitrogen and oxygen atoms in total. The van der Waals surface area contributed by atoms with Crippen LogP contribution in [0.2, 0.25) is 0 Å². The van der Waals surface area contributed by atoms with Gasteiger partial charge in [-0.3, -0.25) is 9.20 Å². The van der Waals surface area contributed by atoms with E-state index in [9.17, 15) is 27.5 Å². The van der Waals surface area contributed by atoms with Gasteiger partial charge in [0, 0.05) is 12.6 Å². The second kappa shape index (κ2) is 7.17. The SMILES string of the molecule is Cc1cccc(Cc2ccc3c(CS(N)(=O)=O)cc(C(=O)O)c(=O)n3c2)c1F. The van der Waals surface area contributed by atoms with Gasteiger partial charge in [0.2, 0.25) is 10.0 Å². The molecule has 0 radical (unpaired) electrons. The van der Waals surface area contributed by atoms with Crippen LogP contribution in [0.5, 0.6) is 0 Å². The molecule has 28 heavy (non-hydrogen) atoms. The van der Waals surface area contributed by atoms with Crippen molar-refractivity contribution in [3.63, 3.8) is 0 Å². The first-order valence-corrected chi connectivity index (χ1v) is 9.93. The largest absolute Gasteiger partial charge is 0.477 e. The van der Waals surface area contributed by atoms with Crippen LogP contribution in [-0.2, 0) is 22.2 Å². The van der Waals surface area contributed by atoms with Crippen LogP contribution in [0.1, 0.15) is 32.6 Å². The average molecular weight is 404 g/mol. The van der Waals surface area contributed by atoms with E-state index in [0.717, 1.165) is 10.5 Å². The molecule has 0 saturated heterocycles. The number of nitrogens with two attached hydrogens (primary N) is 1. The number of aromatic nitrogens is 1. The lowest BCUT2D eigenvalue weighted by atomic mass is 10.0. The molecule has 3 N–H and O–H groups in total. The van der Waals surface area contributed by atoms with E-state index in [0.29, 0.717) is 16.7 Å². The van der Waals surface area contributed by atoms with Crippen LogP contribution in [0, 0.1) is 12.7 Å². The van der Waals surface area contributed by atoms with Crippen molar-refractivity contribution < 1.29 is 22.7 Å². The number of carbonyl (C=O) groups is 1. The highest BCUT2D eigenvalue weighted by molar-refractivity contribution is 7.88. The van der Waals surface area contributed by atoms with Gasteiger partial charge in [-0.05, 0) is 41.3 Å². The quantitative estimate of drug-likeness (QED) is 0.672. The lowest BCUT2D eigenvalue weighted by Gasteiger charge is -2.11. The van der Waals surface area contributed by atoms with Crippen molar-refractivity contribution in [1.82, 2.24) is 4.40 Å². The minimum atomic E-state index is -3.95. The Hall–Kier alpha value is -3.04.